The van der Waals surface area contributed by atoms with Gasteiger partial charge in [-0.15, -0.1) is 27.7 Å². The van der Waals surface area contributed by atoms with E-state index < -0.39 is 10.3 Å². The normalized spacial score (nSPS) is 11.9. The van der Waals surface area contributed by atoms with Crippen LogP contribution < -0.4 is 5.30 Å². The van der Waals surface area contributed by atoms with Crippen LogP contribution in [0.3, 0.4) is 0 Å². The van der Waals surface area contributed by atoms with Crippen LogP contribution in [0.1, 0.15) is 33.4 Å². The zero-order valence-corrected chi connectivity index (χ0v) is 23.0. The summed E-state index contributed by atoms with van der Waals surface area (Å²) in [5.74, 6) is 0. The van der Waals surface area contributed by atoms with Gasteiger partial charge in [-0.1, -0.05) is 140 Å². The third kappa shape index (κ3) is 4.30. The summed E-state index contributed by atoms with van der Waals surface area (Å²) in [6.07, 6.45) is 0. The third-order valence-electron chi connectivity index (χ3n) is 6.83. The first-order chi connectivity index (χ1) is 17.1. The SMILES string of the molecule is Pc1cccc(C(P)(c2ccccc2)c2ccccc2)c1C(P)(c1ccccc1)c1ccccc1. The minimum Gasteiger partial charge on any atom is -0.117 e. The number of hydrogen-bond acceptors (Lipinski definition) is 0. The summed E-state index contributed by atoms with van der Waals surface area (Å²) in [4.78, 5) is 0. The van der Waals surface area contributed by atoms with Gasteiger partial charge in [0.1, 0.15) is 0 Å². The Hall–Kier alpha value is -2.61. The van der Waals surface area contributed by atoms with Crippen LogP contribution in [-0.2, 0) is 10.3 Å². The monoisotopic (exact) mass is 506 g/mol. The van der Waals surface area contributed by atoms with Gasteiger partial charge >= 0.3 is 0 Å². The van der Waals surface area contributed by atoms with E-state index in [2.05, 4.69) is 167 Å². The van der Waals surface area contributed by atoms with Gasteiger partial charge in [-0.05, 0) is 38.7 Å². The van der Waals surface area contributed by atoms with E-state index in [0.717, 1.165) is 0 Å². The lowest BCUT2D eigenvalue weighted by molar-refractivity contribution is 0.823. The Kier molecular flexibility index (Phi) is 7.00. The molecule has 3 atom stereocenters. The highest BCUT2D eigenvalue weighted by molar-refractivity contribution is 7.28. The predicted octanol–water partition coefficient (Wildman–Crippen LogP) is 7.52. The molecule has 0 heterocycles. The van der Waals surface area contributed by atoms with E-state index in [1.807, 2.05) is 0 Å². The molecule has 0 aliphatic carbocycles. The number of hydrogen-bond donors (Lipinski definition) is 0. The summed E-state index contributed by atoms with van der Waals surface area (Å²) in [6, 6.07) is 49.9. The summed E-state index contributed by atoms with van der Waals surface area (Å²) in [5, 5.41) is 0.307. The highest BCUT2D eigenvalue weighted by Gasteiger charge is 2.41. The van der Waals surface area contributed by atoms with Crippen molar-refractivity contribution in [3.05, 3.63) is 173 Å². The molecule has 0 fully saturated rings. The van der Waals surface area contributed by atoms with E-state index in [9.17, 15) is 0 Å². The fourth-order valence-electron chi connectivity index (χ4n) is 5.08. The molecule has 3 heteroatoms. The Morgan fingerprint density at radius 2 is 0.714 bits per heavy atom. The van der Waals surface area contributed by atoms with E-state index in [0.29, 0.717) is 0 Å². The van der Waals surface area contributed by atoms with E-state index in [4.69, 9.17) is 0 Å². The van der Waals surface area contributed by atoms with E-state index >= 15 is 0 Å². The molecule has 0 saturated heterocycles. The largest absolute Gasteiger partial charge is 0.117 e. The lowest BCUT2D eigenvalue weighted by atomic mass is 9.75. The van der Waals surface area contributed by atoms with Gasteiger partial charge in [0, 0.05) is 0 Å². The first-order valence-electron chi connectivity index (χ1n) is 11.8. The van der Waals surface area contributed by atoms with Crippen molar-refractivity contribution < 1.29 is 0 Å². The van der Waals surface area contributed by atoms with Gasteiger partial charge < -0.3 is 0 Å². The molecule has 0 saturated carbocycles. The average molecular weight is 507 g/mol. The minimum atomic E-state index is -0.443. The van der Waals surface area contributed by atoms with Crippen LogP contribution in [0.2, 0.25) is 0 Å². The lowest BCUT2D eigenvalue weighted by Gasteiger charge is -2.40. The Bertz CT molecular complexity index is 1320. The lowest BCUT2D eigenvalue weighted by Crippen LogP contribution is -2.33. The molecule has 5 aromatic carbocycles. The number of rotatable bonds is 6. The molecule has 0 aliphatic heterocycles. The van der Waals surface area contributed by atoms with E-state index in [1.165, 1.54) is 38.7 Å². The molecule has 0 aromatic heterocycles. The van der Waals surface area contributed by atoms with E-state index in [-0.39, 0.29) is 0 Å². The van der Waals surface area contributed by atoms with Crippen LogP contribution >= 0.6 is 27.7 Å². The summed E-state index contributed by atoms with van der Waals surface area (Å²) >= 11 is 0. The van der Waals surface area contributed by atoms with Gasteiger partial charge in [-0.25, -0.2) is 0 Å². The Balaban J connectivity index is 1.89. The van der Waals surface area contributed by atoms with E-state index in [1.54, 1.807) is 0 Å². The Labute approximate surface area is 215 Å². The smallest absolute Gasteiger partial charge is 0.0600 e. The third-order valence-corrected chi connectivity index (χ3v) is 9.25. The molecule has 0 bridgehead atoms. The van der Waals surface area contributed by atoms with Crippen molar-refractivity contribution in [2.24, 2.45) is 0 Å². The average Bonchev–Trinajstić information content (AvgIpc) is 2.94. The van der Waals surface area contributed by atoms with Crippen LogP contribution in [0.4, 0.5) is 0 Å². The predicted molar refractivity (Wildman–Crippen MR) is 161 cm³/mol. The van der Waals surface area contributed by atoms with Gasteiger partial charge in [-0.2, -0.15) is 0 Å². The van der Waals surface area contributed by atoms with Crippen LogP contribution in [-0.4, -0.2) is 0 Å². The molecule has 3 unspecified atom stereocenters. The Morgan fingerprint density at radius 3 is 1.09 bits per heavy atom. The molecule has 0 spiro atoms. The molecular weight excluding hydrogens is 477 g/mol. The fourth-order valence-corrected chi connectivity index (χ4v) is 7.07. The van der Waals surface area contributed by atoms with Crippen molar-refractivity contribution in [2.75, 3.05) is 0 Å². The molecular formula is C32H29P3. The molecule has 172 valence electrons. The first kappa shape index (κ1) is 24.1. The maximum atomic E-state index is 3.24. The van der Waals surface area contributed by atoms with Crippen LogP contribution in [0.15, 0.2) is 140 Å². The molecule has 35 heavy (non-hydrogen) atoms. The van der Waals surface area contributed by atoms with Gasteiger partial charge in [0.25, 0.3) is 0 Å². The number of benzene rings is 5. The molecule has 5 rings (SSSR count). The van der Waals surface area contributed by atoms with Crippen molar-refractivity contribution in [3.63, 3.8) is 0 Å². The van der Waals surface area contributed by atoms with Gasteiger partial charge in [0.05, 0.1) is 10.3 Å². The Morgan fingerprint density at radius 1 is 0.371 bits per heavy atom. The summed E-state index contributed by atoms with van der Waals surface area (Å²) in [7, 11) is 9.49. The van der Waals surface area contributed by atoms with Crippen molar-refractivity contribution >= 4 is 33.0 Å². The van der Waals surface area contributed by atoms with Crippen LogP contribution in [0.5, 0.6) is 0 Å². The summed E-state index contributed by atoms with van der Waals surface area (Å²) < 4.78 is 0. The zero-order chi connectivity index (χ0) is 24.3. The summed E-state index contributed by atoms with van der Waals surface area (Å²) in [6.45, 7) is 0. The van der Waals surface area contributed by atoms with Crippen LogP contribution in [0.25, 0.3) is 0 Å². The van der Waals surface area contributed by atoms with Gasteiger partial charge in [-0.3, -0.25) is 0 Å². The zero-order valence-electron chi connectivity index (χ0n) is 19.5. The molecule has 0 nitrogen and oxygen atoms in total. The molecule has 0 amide bonds. The highest BCUT2D eigenvalue weighted by Crippen LogP contribution is 2.53. The second-order valence-electron chi connectivity index (χ2n) is 8.85. The standard InChI is InChI=1S/C32H29P3/c33-29-23-13-22-28(31(34,24-14-5-1-6-15-24)25-16-7-2-8-17-25)30(29)32(35,26-18-9-3-10-19-26)27-20-11-4-12-21-27/h1-23H,33-35H2. The van der Waals surface area contributed by atoms with Crippen LogP contribution in [0, 0.1) is 0 Å². The van der Waals surface area contributed by atoms with Gasteiger partial charge in [0.2, 0.25) is 0 Å². The first-order valence-corrected chi connectivity index (χ1v) is 13.5. The fraction of sp³-hybridized carbons (Fsp3) is 0.0625. The molecule has 0 N–H and O–H groups in total. The van der Waals surface area contributed by atoms with Crippen molar-refractivity contribution in [1.29, 1.82) is 0 Å². The van der Waals surface area contributed by atoms with Crippen molar-refractivity contribution in [1.82, 2.24) is 0 Å². The van der Waals surface area contributed by atoms with Gasteiger partial charge in [0.15, 0.2) is 0 Å². The summed E-state index contributed by atoms with van der Waals surface area (Å²) in [5.41, 5.74) is 7.48. The molecule has 5 aromatic rings. The minimum absolute atomic E-state index is 0.435. The van der Waals surface area contributed by atoms with Crippen molar-refractivity contribution in [3.8, 4) is 0 Å². The topological polar surface area (TPSA) is 0 Å². The molecule has 0 aliphatic rings. The second kappa shape index (κ2) is 10.2. The highest BCUT2D eigenvalue weighted by atomic mass is 31.0. The second-order valence-corrected chi connectivity index (χ2v) is 11.2. The maximum absolute atomic E-state index is 3.24. The molecule has 0 radical (unpaired) electrons. The van der Waals surface area contributed by atoms with Crippen molar-refractivity contribution in [2.45, 2.75) is 10.3 Å². The maximum Gasteiger partial charge on any atom is 0.0600 e. The quantitative estimate of drug-likeness (QED) is 0.165.